The van der Waals surface area contributed by atoms with E-state index in [0.29, 0.717) is 0 Å². The van der Waals surface area contributed by atoms with Crippen molar-refractivity contribution in [2.24, 2.45) is 0 Å². The van der Waals surface area contributed by atoms with Crippen LogP contribution in [0.2, 0.25) is 0 Å². The average Bonchev–Trinajstić information content (AvgIpc) is 2.04. The van der Waals surface area contributed by atoms with Gasteiger partial charge in [-0.3, -0.25) is 0 Å². The third-order valence-corrected chi connectivity index (χ3v) is 1.15. The van der Waals surface area contributed by atoms with Gasteiger partial charge in [0, 0.05) is 12.3 Å². The van der Waals surface area contributed by atoms with E-state index in [9.17, 15) is 0 Å². The first-order chi connectivity index (χ1) is 4.88. The Morgan fingerprint density at radius 2 is 2.20 bits per heavy atom. The van der Waals surface area contributed by atoms with Crippen LogP contribution in [0.15, 0.2) is 12.3 Å². The summed E-state index contributed by atoms with van der Waals surface area (Å²) in [6, 6.07) is 4.08. The summed E-state index contributed by atoms with van der Waals surface area (Å²) >= 11 is 10.0. The van der Waals surface area contributed by atoms with E-state index in [-0.39, 0.29) is 11.6 Å². The molecule has 0 saturated carbocycles. The fourth-order valence-corrected chi connectivity index (χ4v) is 0.674. The summed E-state index contributed by atoms with van der Waals surface area (Å²) in [5.74, 6) is 0.356. The highest BCUT2D eigenvalue weighted by Crippen LogP contribution is 2.24. The molecule has 0 aliphatic carbocycles. The van der Waals surface area contributed by atoms with E-state index in [2.05, 4.69) is 19.6 Å². The molecule has 0 fully saturated rings. The topological polar surface area (TPSA) is 31.4 Å². The van der Waals surface area contributed by atoms with Crippen molar-refractivity contribution in [3.8, 4) is 11.6 Å². The number of rotatable bonds is 2. The fraction of sp³-hybridized carbons (Fsp3) is 0. The van der Waals surface area contributed by atoms with E-state index in [1.807, 2.05) is 0 Å². The summed E-state index contributed by atoms with van der Waals surface area (Å²) in [7, 11) is 0. The van der Waals surface area contributed by atoms with Crippen molar-refractivity contribution < 1.29 is 8.58 Å². The Kier molecular flexibility index (Phi) is 2.59. The Morgan fingerprint density at radius 1 is 1.40 bits per heavy atom. The van der Waals surface area contributed by atoms with Crippen molar-refractivity contribution in [2.75, 3.05) is 0 Å². The largest absolute Gasteiger partial charge is 0.380 e. The SMILES string of the molecule is ClOc1c[c]cnc1OCl. The van der Waals surface area contributed by atoms with Crippen molar-refractivity contribution in [1.82, 2.24) is 4.98 Å². The van der Waals surface area contributed by atoms with Crippen molar-refractivity contribution in [1.29, 1.82) is 0 Å². The number of halogens is 2. The molecule has 0 aliphatic rings. The van der Waals surface area contributed by atoms with Crippen molar-refractivity contribution in [3.05, 3.63) is 18.3 Å². The number of hydrogen-bond acceptors (Lipinski definition) is 3. The molecular weight excluding hydrogens is 177 g/mol. The molecule has 0 spiro atoms. The van der Waals surface area contributed by atoms with E-state index >= 15 is 0 Å². The zero-order valence-corrected chi connectivity index (χ0v) is 6.19. The first kappa shape index (κ1) is 7.44. The maximum atomic E-state index is 5.01. The minimum atomic E-state index is 0.121. The molecule has 0 bridgehead atoms. The van der Waals surface area contributed by atoms with Crippen LogP contribution >= 0.6 is 23.7 Å². The Bertz CT molecular complexity index is 196. The summed E-state index contributed by atoms with van der Waals surface area (Å²) in [5.41, 5.74) is 0. The van der Waals surface area contributed by atoms with Gasteiger partial charge in [0.1, 0.15) is 23.7 Å². The van der Waals surface area contributed by atoms with Gasteiger partial charge in [0.2, 0.25) is 5.75 Å². The van der Waals surface area contributed by atoms with E-state index in [4.69, 9.17) is 23.7 Å². The van der Waals surface area contributed by atoms with Crippen LogP contribution in [0.5, 0.6) is 11.6 Å². The van der Waals surface area contributed by atoms with Gasteiger partial charge in [-0.2, -0.15) is 0 Å². The molecular formula is C5H2Cl2NO2. The lowest BCUT2D eigenvalue weighted by atomic mass is 10.4. The molecule has 10 heavy (non-hydrogen) atoms. The lowest BCUT2D eigenvalue weighted by Crippen LogP contribution is -1.84. The van der Waals surface area contributed by atoms with Gasteiger partial charge in [-0.25, -0.2) is 4.98 Å². The normalized spacial score (nSPS) is 9.00. The molecule has 0 unspecified atom stereocenters. The quantitative estimate of drug-likeness (QED) is 0.695. The Balaban J connectivity index is 2.96. The van der Waals surface area contributed by atoms with Crippen LogP contribution in [-0.2, 0) is 0 Å². The fourth-order valence-electron chi connectivity index (χ4n) is 0.447. The summed E-state index contributed by atoms with van der Waals surface area (Å²) < 4.78 is 8.57. The van der Waals surface area contributed by atoms with Crippen LogP contribution in [-0.4, -0.2) is 4.98 Å². The molecule has 1 rings (SSSR count). The highest BCUT2D eigenvalue weighted by Gasteiger charge is 2.03. The second kappa shape index (κ2) is 3.49. The predicted molar refractivity (Wildman–Crippen MR) is 36.0 cm³/mol. The van der Waals surface area contributed by atoms with Gasteiger partial charge in [-0.05, 0) is 6.07 Å². The summed E-state index contributed by atoms with van der Waals surface area (Å²) in [6.45, 7) is 0. The van der Waals surface area contributed by atoms with Crippen LogP contribution in [0.3, 0.4) is 0 Å². The second-order valence-electron chi connectivity index (χ2n) is 1.39. The van der Waals surface area contributed by atoms with E-state index in [1.165, 1.54) is 12.3 Å². The standard InChI is InChI=1S/C5H2Cl2NO2/c6-9-4-2-1-3-8-5(4)10-7/h2-3H. The van der Waals surface area contributed by atoms with Gasteiger partial charge in [0.15, 0.2) is 0 Å². The van der Waals surface area contributed by atoms with Crippen LogP contribution in [0, 0.1) is 6.07 Å². The first-order valence-corrected chi connectivity index (χ1v) is 2.93. The van der Waals surface area contributed by atoms with Gasteiger partial charge in [-0.15, -0.1) is 0 Å². The molecule has 1 heterocycles. The Labute approximate surface area is 67.8 Å². The van der Waals surface area contributed by atoms with Crippen molar-refractivity contribution in [3.63, 3.8) is 0 Å². The monoisotopic (exact) mass is 178 g/mol. The average molecular weight is 179 g/mol. The van der Waals surface area contributed by atoms with Crippen molar-refractivity contribution >= 4 is 23.7 Å². The third kappa shape index (κ3) is 1.43. The number of hydrogen-bond donors (Lipinski definition) is 0. The molecule has 0 N–H and O–H groups in total. The molecule has 0 saturated heterocycles. The number of aromatic nitrogens is 1. The smallest absolute Gasteiger partial charge is 0.281 e. The van der Waals surface area contributed by atoms with E-state index < -0.39 is 0 Å². The van der Waals surface area contributed by atoms with Crippen LogP contribution in [0.25, 0.3) is 0 Å². The van der Waals surface area contributed by atoms with Gasteiger partial charge in [-0.1, -0.05) is 0 Å². The molecule has 5 heteroatoms. The summed E-state index contributed by atoms with van der Waals surface area (Å²) in [5, 5.41) is 0. The number of nitrogens with zero attached hydrogens (tertiary/aromatic N) is 1. The molecule has 0 atom stereocenters. The lowest BCUT2D eigenvalue weighted by molar-refractivity contribution is 0.524. The molecule has 1 radical (unpaired) electrons. The highest BCUT2D eigenvalue weighted by molar-refractivity contribution is 6.10. The van der Waals surface area contributed by atoms with Crippen LogP contribution in [0.4, 0.5) is 0 Å². The Hall–Kier alpha value is -0.670. The molecule has 53 valence electrons. The van der Waals surface area contributed by atoms with Gasteiger partial charge >= 0.3 is 0 Å². The minimum absolute atomic E-state index is 0.121. The molecule has 0 aromatic carbocycles. The zero-order chi connectivity index (χ0) is 7.40. The number of pyridine rings is 1. The molecule has 0 amide bonds. The molecule has 1 aromatic rings. The first-order valence-electron chi connectivity index (χ1n) is 2.31. The second-order valence-corrected chi connectivity index (χ2v) is 1.70. The predicted octanol–water partition coefficient (Wildman–Crippen LogP) is 1.95. The van der Waals surface area contributed by atoms with Crippen LogP contribution < -0.4 is 8.58 Å². The van der Waals surface area contributed by atoms with E-state index in [0.717, 1.165) is 0 Å². The van der Waals surface area contributed by atoms with Gasteiger partial charge in [0.05, 0.1) is 0 Å². The molecule has 3 nitrogen and oxygen atoms in total. The van der Waals surface area contributed by atoms with Crippen LogP contribution in [0.1, 0.15) is 0 Å². The summed E-state index contributed by atoms with van der Waals surface area (Å²) in [4.78, 5) is 3.65. The van der Waals surface area contributed by atoms with Gasteiger partial charge < -0.3 is 8.58 Å². The maximum absolute atomic E-state index is 5.01. The highest BCUT2D eigenvalue weighted by atomic mass is 35.5. The zero-order valence-electron chi connectivity index (χ0n) is 4.67. The van der Waals surface area contributed by atoms with Gasteiger partial charge in [0.25, 0.3) is 5.88 Å². The maximum Gasteiger partial charge on any atom is 0.281 e. The molecule has 0 aliphatic heterocycles. The summed E-state index contributed by atoms with van der Waals surface area (Å²) in [6.07, 6.45) is 1.39. The third-order valence-electron chi connectivity index (χ3n) is 0.838. The lowest BCUT2D eigenvalue weighted by Gasteiger charge is -1.97. The minimum Gasteiger partial charge on any atom is -0.380 e. The van der Waals surface area contributed by atoms with Crippen molar-refractivity contribution in [2.45, 2.75) is 0 Å². The van der Waals surface area contributed by atoms with E-state index in [1.54, 1.807) is 0 Å². The molecule has 1 aromatic heterocycles. The Morgan fingerprint density at radius 3 is 2.70 bits per heavy atom.